The first-order valence-corrected chi connectivity index (χ1v) is 6.13. The monoisotopic (exact) mass is 250 g/mol. The molecule has 0 atom stereocenters. The number of hydrogen-bond acceptors (Lipinski definition) is 4. The lowest BCUT2D eigenvalue weighted by Gasteiger charge is -2.01. The summed E-state index contributed by atoms with van der Waals surface area (Å²) in [6.45, 7) is 2.93. The van der Waals surface area contributed by atoms with Gasteiger partial charge in [-0.15, -0.1) is 0 Å². The molecule has 4 heteroatoms. The number of Topliss-reactive ketones (excluding diaryl/α,β-unsaturated/α-hetero) is 1. The van der Waals surface area contributed by atoms with Gasteiger partial charge in [-0.2, -0.15) is 0 Å². The fourth-order valence-electron chi connectivity index (χ4n) is 1.30. The molecule has 1 aromatic carbocycles. The van der Waals surface area contributed by atoms with E-state index < -0.39 is 0 Å². The lowest BCUT2D eigenvalue weighted by atomic mass is 10.1. The van der Waals surface area contributed by atoms with Crippen LogP contribution in [0.25, 0.3) is 6.08 Å². The van der Waals surface area contributed by atoms with Gasteiger partial charge >= 0.3 is 0 Å². The zero-order valence-electron chi connectivity index (χ0n) is 9.77. The SMILES string of the molecule is CC(=O)SCC=Cc1ccc(C(C)=O)c(O)c1. The highest BCUT2D eigenvalue weighted by Crippen LogP contribution is 2.20. The van der Waals surface area contributed by atoms with Crippen molar-refractivity contribution < 1.29 is 14.7 Å². The Kier molecular flexibility index (Phi) is 4.97. The third kappa shape index (κ3) is 4.44. The summed E-state index contributed by atoms with van der Waals surface area (Å²) in [4.78, 5) is 21.8. The van der Waals surface area contributed by atoms with Crippen LogP contribution in [-0.4, -0.2) is 21.8 Å². The van der Waals surface area contributed by atoms with Crippen LogP contribution in [0.4, 0.5) is 0 Å². The molecule has 0 aliphatic carbocycles. The van der Waals surface area contributed by atoms with Gasteiger partial charge in [-0.3, -0.25) is 9.59 Å². The first-order chi connectivity index (χ1) is 8.00. The predicted octanol–water partition coefficient (Wildman–Crippen LogP) is 2.89. The largest absolute Gasteiger partial charge is 0.507 e. The predicted molar refractivity (Wildman–Crippen MR) is 70.3 cm³/mol. The van der Waals surface area contributed by atoms with Crippen LogP contribution in [0.2, 0.25) is 0 Å². The number of carbonyl (C=O) groups is 2. The summed E-state index contributed by atoms with van der Waals surface area (Å²) in [6, 6.07) is 4.88. The van der Waals surface area contributed by atoms with Crippen molar-refractivity contribution in [1.82, 2.24) is 0 Å². The van der Waals surface area contributed by atoms with Gasteiger partial charge in [0, 0.05) is 12.7 Å². The minimum Gasteiger partial charge on any atom is -0.507 e. The third-order valence-corrected chi connectivity index (χ3v) is 2.86. The van der Waals surface area contributed by atoms with Gasteiger partial charge < -0.3 is 5.11 Å². The van der Waals surface area contributed by atoms with Gasteiger partial charge in [-0.05, 0) is 24.6 Å². The smallest absolute Gasteiger partial charge is 0.186 e. The van der Waals surface area contributed by atoms with Gasteiger partial charge in [-0.1, -0.05) is 30.0 Å². The van der Waals surface area contributed by atoms with E-state index in [1.165, 1.54) is 31.7 Å². The van der Waals surface area contributed by atoms with E-state index in [0.29, 0.717) is 11.3 Å². The van der Waals surface area contributed by atoms with Gasteiger partial charge in [0.15, 0.2) is 10.9 Å². The Hall–Kier alpha value is -1.55. The first kappa shape index (κ1) is 13.5. The Morgan fingerprint density at radius 1 is 1.35 bits per heavy atom. The molecular formula is C13H14O3S. The summed E-state index contributed by atoms with van der Waals surface area (Å²) in [5.74, 6) is 0.425. The van der Waals surface area contributed by atoms with Crippen molar-refractivity contribution in [3.8, 4) is 5.75 Å². The maximum atomic E-state index is 11.1. The quantitative estimate of drug-likeness (QED) is 0.835. The molecule has 0 saturated heterocycles. The van der Waals surface area contributed by atoms with E-state index in [2.05, 4.69) is 0 Å². The Bertz CT molecular complexity index is 464. The van der Waals surface area contributed by atoms with E-state index in [1.54, 1.807) is 18.2 Å². The van der Waals surface area contributed by atoms with Crippen LogP contribution in [0.3, 0.4) is 0 Å². The van der Waals surface area contributed by atoms with Crippen LogP contribution in [0.1, 0.15) is 29.8 Å². The molecule has 0 bridgehead atoms. The Morgan fingerprint density at radius 3 is 2.59 bits per heavy atom. The zero-order chi connectivity index (χ0) is 12.8. The summed E-state index contributed by atoms with van der Waals surface area (Å²) in [6.07, 6.45) is 3.65. The third-order valence-electron chi connectivity index (χ3n) is 2.09. The molecule has 0 unspecified atom stereocenters. The number of thioether (sulfide) groups is 1. The minimum absolute atomic E-state index is 0.0149. The molecule has 0 amide bonds. The van der Waals surface area contributed by atoms with Gasteiger partial charge in [-0.25, -0.2) is 0 Å². The average Bonchev–Trinajstić information content (AvgIpc) is 2.23. The summed E-state index contributed by atoms with van der Waals surface area (Å²) >= 11 is 1.22. The number of carbonyl (C=O) groups excluding carboxylic acids is 2. The number of hydrogen-bond donors (Lipinski definition) is 1. The van der Waals surface area contributed by atoms with Crippen molar-refractivity contribution in [2.24, 2.45) is 0 Å². The van der Waals surface area contributed by atoms with Crippen LogP contribution in [0, 0.1) is 0 Å². The number of phenols is 1. The lowest BCUT2D eigenvalue weighted by molar-refractivity contribution is -0.109. The highest BCUT2D eigenvalue weighted by molar-refractivity contribution is 8.13. The summed E-state index contributed by atoms with van der Waals surface area (Å²) in [7, 11) is 0. The van der Waals surface area contributed by atoms with E-state index in [4.69, 9.17) is 0 Å². The second-order valence-electron chi connectivity index (χ2n) is 3.54. The molecule has 1 aromatic rings. The molecule has 0 radical (unpaired) electrons. The van der Waals surface area contributed by atoms with Crippen molar-refractivity contribution in [3.63, 3.8) is 0 Å². The van der Waals surface area contributed by atoms with Crippen LogP contribution in [-0.2, 0) is 4.79 Å². The summed E-state index contributed by atoms with van der Waals surface area (Å²) in [5, 5.41) is 9.67. The maximum absolute atomic E-state index is 11.1. The van der Waals surface area contributed by atoms with E-state index in [1.807, 2.05) is 6.08 Å². The van der Waals surface area contributed by atoms with Crippen molar-refractivity contribution in [1.29, 1.82) is 0 Å². The molecule has 0 aromatic heterocycles. The second-order valence-corrected chi connectivity index (χ2v) is 4.73. The van der Waals surface area contributed by atoms with Crippen molar-refractivity contribution in [2.45, 2.75) is 13.8 Å². The number of ketones is 1. The molecule has 0 spiro atoms. The number of aromatic hydroxyl groups is 1. The van der Waals surface area contributed by atoms with Gasteiger partial charge in [0.25, 0.3) is 0 Å². The normalized spacial score (nSPS) is 10.7. The Morgan fingerprint density at radius 2 is 2.06 bits per heavy atom. The van der Waals surface area contributed by atoms with Gasteiger partial charge in [0.1, 0.15) is 5.75 Å². The Balaban J connectivity index is 2.70. The molecule has 1 rings (SSSR count). The Labute approximate surface area is 105 Å². The highest BCUT2D eigenvalue weighted by Gasteiger charge is 2.05. The second kappa shape index (κ2) is 6.25. The molecule has 0 heterocycles. The topological polar surface area (TPSA) is 54.4 Å². The van der Waals surface area contributed by atoms with Crippen LogP contribution in [0.15, 0.2) is 24.3 Å². The first-order valence-electron chi connectivity index (χ1n) is 5.14. The minimum atomic E-state index is -0.162. The molecule has 3 nitrogen and oxygen atoms in total. The highest BCUT2D eigenvalue weighted by atomic mass is 32.2. The fraction of sp³-hybridized carbons (Fsp3) is 0.231. The molecule has 1 N–H and O–H groups in total. The van der Waals surface area contributed by atoms with E-state index in [9.17, 15) is 14.7 Å². The maximum Gasteiger partial charge on any atom is 0.186 e. The number of benzene rings is 1. The molecule has 90 valence electrons. The molecule has 17 heavy (non-hydrogen) atoms. The molecule has 0 saturated carbocycles. The number of phenolic OH excluding ortho intramolecular Hbond substituents is 1. The lowest BCUT2D eigenvalue weighted by Crippen LogP contribution is -1.92. The van der Waals surface area contributed by atoms with E-state index in [0.717, 1.165) is 5.56 Å². The fourth-order valence-corrected chi connectivity index (χ4v) is 1.73. The van der Waals surface area contributed by atoms with E-state index >= 15 is 0 Å². The van der Waals surface area contributed by atoms with Crippen LogP contribution < -0.4 is 0 Å². The van der Waals surface area contributed by atoms with Crippen LogP contribution >= 0.6 is 11.8 Å². The van der Waals surface area contributed by atoms with Crippen molar-refractivity contribution in [3.05, 3.63) is 35.4 Å². The molecular weight excluding hydrogens is 236 g/mol. The average molecular weight is 250 g/mol. The van der Waals surface area contributed by atoms with Gasteiger partial charge in [0.05, 0.1) is 5.56 Å². The standard InChI is InChI=1S/C13H14O3S/c1-9(14)12-6-5-11(8-13(12)16)4-3-7-17-10(2)15/h3-6,8,16H,7H2,1-2H3. The molecule has 0 fully saturated rings. The number of rotatable bonds is 4. The van der Waals surface area contributed by atoms with Gasteiger partial charge in [0.2, 0.25) is 0 Å². The van der Waals surface area contributed by atoms with E-state index in [-0.39, 0.29) is 16.6 Å². The zero-order valence-corrected chi connectivity index (χ0v) is 10.6. The van der Waals surface area contributed by atoms with Crippen LogP contribution in [0.5, 0.6) is 5.75 Å². The molecule has 0 aliphatic heterocycles. The molecule has 0 aliphatic rings. The summed E-state index contributed by atoms with van der Waals surface area (Å²) < 4.78 is 0. The summed E-state index contributed by atoms with van der Waals surface area (Å²) in [5.41, 5.74) is 1.12. The van der Waals surface area contributed by atoms with Crippen molar-refractivity contribution >= 4 is 28.7 Å². The van der Waals surface area contributed by atoms with Crippen molar-refractivity contribution in [2.75, 3.05) is 5.75 Å².